The second kappa shape index (κ2) is 5.26. The van der Waals surface area contributed by atoms with E-state index in [1.54, 1.807) is 0 Å². The van der Waals surface area contributed by atoms with Gasteiger partial charge in [0.05, 0.1) is 5.69 Å². The second-order valence-corrected chi connectivity index (χ2v) is 5.89. The van der Waals surface area contributed by atoms with Gasteiger partial charge in [-0.3, -0.25) is 4.68 Å². The van der Waals surface area contributed by atoms with Gasteiger partial charge in [0.15, 0.2) is 0 Å². The molecule has 0 spiro atoms. The molecule has 1 atom stereocenters. The number of aromatic nitrogens is 2. The fourth-order valence-electron chi connectivity index (χ4n) is 1.39. The van der Waals surface area contributed by atoms with Crippen LogP contribution < -0.4 is 0 Å². The Morgan fingerprint density at radius 3 is 2.44 bits per heavy atom. The monoisotopic (exact) mass is 272 g/mol. The predicted octanol–water partition coefficient (Wildman–Crippen LogP) is 4.20. The minimum atomic E-state index is -2.90. The van der Waals surface area contributed by atoms with E-state index < -0.39 is 5.92 Å². The SMILES string of the molecule is C=C(SC(C)C(=C)C)c1cc(C(C)(F)F)n(C)n1. The first-order valence-electron chi connectivity index (χ1n) is 5.56. The quantitative estimate of drug-likeness (QED) is 0.748. The van der Waals surface area contributed by atoms with Crippen LogP contribution in [0, 0.1) is 0 Å². The number of alkyl halides is 2. The number of halogens is 2. The molecule has 18 heavy (non-hydrogen) atoms. The van der Waals surface area contributed by atoms with Gasteiger partial charge in [0.25, 0.3) is 5.92 Å². The number of thioether (sulfide) groups is 1. The van der Waals surface area contributed by atoms with Crippen molar-refractivity contribution in [3.05, 3.63) is 36.2 Å². The van der Waals surface area contributed by atoms with E-state index in [1.807, 2.05) is 13.8 Å². The Balaban J connectivity index is 2.92. The largest absolute Gasteiger partial charge is 0.286 e. The molecule has 1 aromatic heterocycles. The van der Waals surface area contributed by atoms with E-state index in [2.05, 4.69) is 18.3 Å². The first kappa shape index (κ1) is 15.0. The molecule has 2 nitrogen and oxygen atoms in total. The maximum absolute atomic E-state index is 13.3. The van der Waals surface area contributed by atoms with Gasteiger partial charge in [-0.1, -0.05) is 18.7 Å². The topological polar surface area (TPSA) is 17.8 Å². The summed E-state index contributed by atoms with van der Waals surface area (Å²) in [7, 11) is 1.51. The van der Waals surface area contributed by atoms with E-state index in [4.69, 9.17) is 0 Å². The molecule has 1 heterocycles. The molecule has 0 amide bonds. The van der Waals surface area contributed by atoms with Gasteiger partial charge in [0, 0.05) is 24.1 Å². The van der Waals surface area contributed by atoms with Crippen LogP contribution in [0.25, 0.3) is 4.91 Å². The van der Waals surface area contributed by atoms with E-state index in [9.17, 15) is 8.78 Å². The summed E-state index contributed by atoms with van der Waals surface area (Å²) in [6.07, 6.45) is 0. The minimum Gasteiger partial charge on any atom is -0.266 e. The van der Waals surface area contributed by atoms with Crippen molar-refractivity contribution in [2.75, 3.05) is 0 Å². The van der Waals surface area contributed by atoms with Crippen molar-refractivity contribution < 1.29 is 8.78 Å². The van der Waals surface area contributed by atoms with Crippen molar-refractivity contribution in [2.24, 2.45) is 7.05 Å². The zero-order valence-corrected chi connectivity index (χ0v) is 11.9. The Labute approximate surface area is 111 Å². The predicted molar refractivity (Wildman–Crippen MR) is 73.7 cm³/mol. The zero-order chi connectivity index (χ0) is 14.1. The van der Waals surface area contributed by atoms with E-state index >= 15 is 0 Å². The van der Waals surface area contributed by atoms with Gasteiger partial charge in [-0.15, -0.1) is 11.8 Å². The number of hydrogen-bond acceptors (Lipinski definition) is 2. The van der Waals surface area contributed by atoms with Gasteiger partial charge in [-0.05, 0) is 19.9 Å². The van der Waals surface area contributed by atoms with Crippen molar-refractivity contribution in [2.45, 2.75) is 31.9 Å². The molecule has 0 aliphatic rings. The molecule has 0 aliphatic heterocycles. The third kappa shape index (κ3) is 3.45. The molecule has 100 valence electrons. The molecule has 1 rings (SSSR count). The van der Waals surface area contributed by atoms with Crippen LogP contribution in [0.15, 0.2) is 24.8 Å². The van der Waals surface area contributed by atoms with Crippen LogP contribution in [0.3, 0.4) is 0 Å². The highest BCUT2D eigenvalue weighted by atomic mass is 32.2. The van der Waals surface area contributed by atoms with Crippen LogP contribution in [-0.2, 0) is 13.0 Å². The lowest BCUT2D eigenvalue weighted by Gasteiger charge is -2.10. The van der Waals surface area contributed by atoms with E-state index in [-0.39, 0.29) is 10.9 Å². The van der Waals surface area contributed by atoms with Crippen molar-refractivity contribution in [1.29, 1.82) is 0 Å². The van der Waals surface area contributed by atoms with Crippen molar-refractivity contribution in [3.63, 3.8) is 0 Å². The number of rotatable bonds is 5. The summed E-state index contributed by atoms with van der Waals surface area (Å²) in [6, 6.07) is 1.39. The first-order valence-corrected chi connectivity index (χ1v) is 6.44. The summed E-state index contributed by atoms with van der Waals surface area (Å²) < 4.78 is 27.7. The average molecular weight is 272 g/mol. The van der Waals surface area contributed by atoms with Crippen molar-refractivity contribution in [3.8, 4) is 0 Å². The lowest BCUT2D eigenvalue weighted by Crippen LogP contribution is -2.12. The summed E-state index contributed by atoms with van der Waals surface area (Å²) >= 11 is 1.48. The van der Waals surface area contributed by atoms with Crippen LogP contribution >= 0.6 is 11.8 Å². The van der Waals surface area contributed by atoms with Crippen molar-refractivity contribution >= 4 is 16.7 Å². The Morgan fingerprint density at radius 2 is 2.06 bits per heavy atom. The fraction of sp³-hybridized carbons (Fsp3) is 0.462. The van der Waals surface area contributed by atoms with Gasteiger partial charge in [-0.25, -0.2) is 0 Å². The molecular weight excluding hydrogens is 254 g/mol. The maximum atomic E-state index is 13.3. The van der Waals surface area contributed by atoms with Crippen LogP contribution in [0.5, 0.6) is 0 Å². The van der Waals surface area contributed by atoms with Gasteiger partial charge < -0.3 is 0 Å². The third-order valence-corrected chi connectivity index (χ3v) is 3.88. The van der Waals surface area contributed by atoms with E-state index in [0.717, 1.165) is 12.5 Å². The van der Waals surface area contributed by atoms with Crippen LogP contribution in [-0.4, -0.2) is 15.0 Å². The second-order valence-electron chi connectivity index (χ2n) is 4.46. The smallest absolute Gasteiger partial charge is 0.266 e. The lowest BCUT2D eigenvalue weighted by atomic mass is 10.2. The zero-order valence-electron chi connectivity index (χ0n) is 11.1. The van der Waals surface area contributed by atoms with E-state index in [0.29, 0.717) is 10.6 Å². The molecule has 0 saturated heterocycles. The van der Waals surface area contributed by atoms with Crippen LogP contribution in [0.4, 0.5) is 8.78 Å². The summed E-state index contributed by atoms with van der Waals surface area (Å²) in [5.41, 5.74) is 1.40. The first-order chi connectivity index (χ1) is 8.12. The van der Waals surface area contributed by atoms with Gasteiger partial charge in [-0.2, -0.15) is 13.9 Å². The molecule has 1 aromatic rings. The molecule has 0 aromatic carbocycles. The molecule has 0 radical (unpaired) electrons. The number of nitrogens with zero attached hydrogens (tertiary/aromatic N) is 2. The Kier molecular flexibility index (Phi) is 4.37. The van der Waals surface area contributed by atoms with Gasteiger partial charge >= 0.3 is 0 Å². The summed E-state index contributed by atoms with van der Waals surface area (Å²) in [5.74, 6) is -2.90. The normalized spacial score (nSPS) is 13.4. The molecule has 1 unspecified atom stereocenters. The Bertz CT molecular complexity index is 472. The van der Waals surface area contributed by atoms with Crippen molar-refractivity contribution in [1.82, 2.24) is 9.78 Å². The van der Waals surface area contributed by atoms with E-state index in [1.165, 1.54) is 29.6 Å². The molecule has 0 bridgehead atoms. The Morgan fingerprint density at radius 1 is 1.50 bits per heavy atom. The highest BCUT2D eigenvalue weighted by Gasteiger charge is 2.29. The third-order valence-electron chi connectivity index (χ3n) is 2.63. The molecule has 5 heteroatoms. The highest BCUT2D eigenvalue weighted by molar-refractivity contribution is 8.08. The Hall–Kier alpha value is -1.10. The minimum absolute atomic E-state index is 0.109. The van der Waals surface area contributed by atoms with Crippen LogP contribution in [0.1, 0.15) is 32.2 Å². The summed E-state index contributed by atoms with van der Waals surface area (Å²) in [5, 5.41) is 4.26. The standard InChI is InChI=1S/C13H18F2N2S/c1-8(2)9(3)18-10(4)11-7-12(13(5,14)15)17(6)16-11/h7,9H,1,4H2,2-3,5-6H3. The van der Waals surface area contributed by atoms with Crippen LogP contribution in [0.2, 0.25) is 0 Å². The summed E-state index contributed by atoms with van der Waals surface area (Å²) in [6.45, 7) is 12.5. The van der Waals surface area contributed by atoms with Gasteiger partial charge in [0.1, 0.15) is 5.69 Å². The highest BCUT2D eigenvalue weighted by Crippen LogP contribution is 2.34. The molecule has 0 aliphatic carbocycles. The molecule has 0 N–H and O–H groups in total. The molecule has 0 saturated carbocycles. The number of aryl methyl sites for hydroxylation is 1. The average Bonchev–Trinajstić information content (AvgIpc) is 2.59. The number of hydrogen-bond donors (Lipinski definition) is 0. The lowest BCUT2D eigenvalue weighted by molar-refractivity contribution is 0.00883. The summed E-state index contributed by atoms with van der Waals surface area (Å²) in [4.78, 5) is 0.677. The molecular formula is C13H18F2N2S. The maximum Gasteiger partial charge on any atom is 0.286 e. The fourth-order valence-corrected chi connectivity index (χ4v) is 2.24. The molecule has 0 fully saturated rings. The van der Waals surface area contributed by atoms with Gasteiger partial charge in [0.2, 0.25) is 0 Å².